The normalized spacial score (nSPS) is 15.0. The molecule has 0 aromatic heterocycles. The number of carbonyl (C=O) groups excluding carboxylic acids is 1. The molecule has 3 rings (SSSR count). The first kappa shape index (κ1) is 13.6. The third-order valence-electron chi connectivity index (χ3n) is 3.57. The zero-order valence-corrected chi connectivity index (χ0v) is 11.8. The van der Waals surface area contributed by atoms with Crippen molar-refractivity contribution in [3.8, 4) is 11.5 Å². The summed E-state index contributed by atoms with van der Waals surface area (Å²) in [5.74, 6) is 1.53. The van der Waals surface area contributed by atoms with Crippen LogP contribution in [-0.4, -0.2) is 11.0 Å². The van der Waals surface area contributed by atoms with Crippen molar-refractivity contribution in [1.29, 1.82) is 0 Å². The van der Waals surface area contributed by atoms with E-state index < -0.39 is 6.10 Å². The Bertz CT molecular complexity index is 662. The van der Waals surface area contributed by atoms with E-state index in [1.165, 1.54) is 0 Å². The van der Waals surface area contributed by atoms with Gasteiger partial charge in [-0.2, -0.15) is 0 Å². The molecule has 0 fully saturated rings. The molecule has 1 aliphatic rings. The lowest BCUT2D eigenvalue weighted by Crippen LogP contribution is -2.18. The number of aliphatic hydroxyl groups excluding tert-OH is 1. The lowest BCUT2D eigenvalue weighted by Gasteiger charge is -2.17. The van der Waals surface area contributed by atoms with Crippen molar-refractivity contribution in [3.63, 3.8) is 0 Å². The number of hydrogen-bond donors (Lipinski definition) is 2. The summed E-state index contributed by atoms with van der Waals surface area (Å²) in [7, 11) is 0. The summed E-state index contributed by atoms with van der Waals surface area (Å²) < 4.78 is 5.81. The minimum absolute atomic E-state index is 0.0601. The van der Waals surface area contributed by atoms with Crippen molar-refractivity contribution in [2.75, 3.05) is 5.32 Å². The van der Waals surface area contributed by atoms with Crippen LogP contribution in [0.2, 0.25) is 0 Å². The highest BCUT2D eigenvalue weighted by Gasteiger charge is 2.15. The van der Waals surface area contributed by atoms with Gasteiger partial charge in [0.15, 0.2) is 0 Å². The highest BCUT2D eigenvalue weighted by molar-refractivity contribution is 5.94. The van der Waals surface area contributed by atoms with Gasteiger partial charge in [-0.3, -0.25) is 4.79 Å². The zero-order chi connectivity index (χ0) is 14.8. The van der Waals surface area contributed by atoms with Crippen LogP contribution in [0.25, 0.3) is 0 Å². The van der Waals surface area contributed by atoms with Crippen LogP contribution < -0.4 is 10.1 Å². The molecule has 0 aliphatic carbocycles. The van der Waals surface area contributed by atoms with Crippen LogP contribution in [0.3, 0.4) is 0 Å². The number of hydrogen-bond acceptors (Lipinski definition) is 3. The highest BCUT2D eigenvalue weighted by Crippen LogP contribution is 2.30. The van der Waals surface area contributed by atoms with E-state index in [0.717, 1.165) is 34.7 Å². The van der Waals surface area contributed by atoms with Crippen LogP contribution in [0.1, 0.15) is 30.6 Å². The molecule has 4 heteroatoms. The monoisotopic (exact) mass is 283 g/mol. The van der Waals surface area contributed by atoms with Crippen LogP contribution in [0.15, 0.2) is 42.5 Å². The lowest BCUT2D eigenvalue weighted by molar-refractivity contribution is -0.116. The minimum Gasteiger partial charge on any atom is -0.457 e. The lowest BCUT2D eigenvalue weighted by atomic mass is 10.0. The minimum atomic E-state index is -0.480. The Morgan fingerprint density at radius 3 is 2.52 bits per heavy atom. The van der Waals surface area contributed by atoms with Crippen molar-refractivity contribution in [1.82, 2.24) is 0 Å². The molecule has 21 heavy (non-hydrogen) atoms. The van der Waals surface area contributed by atoms with Gasteiger partial charge in [0.05, 0.1) is 6.10 Å². The van der Waals surface area contributed by atoms with Gasteiger partial charge in [0.1, 0.15) is 11.5 Å². The highest BCUT2D eigenvalue weighted by atomic mass is 16.5. The van der Waals surface area contributed by atoms with E-state index in [9.17, 15) is 9.90 Å². The first-order valence-corrected chi connectivity index (χ1v) is 7.00. The summed E-state index contributed by atoms with van der Waals surface area (Å²) in [5, 5.41) is 12.3. The Morgan fingerprint density at radius 2 is 1.81 bits per heavy atom. The molecule has 2 N–H and O–H groups in total. The number of aryl methyl sites for hydroxylation is 1. The van der Waals surface area contributed by atoms with Crippen molar-refractivity contribution in [3.05, 3.63) is 53.6 Å². The summed E-state index contributed by atoms with van der Waals surface area (Å²) in [5.41, 5.74) is 2.81. The van der Waals surface area contributed by atoms with Crippen molar-refractivity contribution >= 4 is 11.6 Å². The Hall–Kier alpha value is -2.33. The largest absolute Gasteiger partial charge is 0.457 e. The molecule has 1 aliphatic heterocycles. The van der Waals surface area contributed by atoms with Gasteiger partial charge in [-0.1, -0.05) is 12.1 Å². The van der Waals surface area contributed by atoms with Crippen molar-refractivity contribution < 1.29 is 14.6 Å². The maximum atomic E-state index is 11.3. The molecular weight excluding hydrogens is 266 g/mol. The second-order valence-electron chi connectivity index (χ2n) is 5.21. The quantitative estimate of drug-likeness (QED) is 0.907. The van der Waals surface area contributed by atoms with Gasteiger partial charge >= 0.3 is 0 Å². The number of anilines is 1. The Morgan fingerprint density at radius 1 is 1.10 bits per heavy atom. The van der Waals surface area contributed by atoms with Crippen LogP contribution >= 0.6 is 0 Å². The van der Waals surface area contributed by atoms with Gasteiger partial charge in [0.2, 0.25) is 5.91 Å². The third kappa shape index (κ3) is 3.06. The number of benzene rings is 2. The maximum absolute atomic E-state index is 11.3. The number of rotatable bonds is 3. The van der Waals surface area contributed by atoms with Gasteiger partial charge in [0.25, 0.3) is 0 Å². The van der Waals surface area contributed by atoms with Crippen LogP contribution in [-0.2, 0) is 11.2 Å². The number of nitrogens with one attached hydrogen (secondary N) is 1. The van der Waals surface area contributed by atoms with Crippen LogP contribution in [0.5, 0.6) is 11.5 Å². The summed E-state index contributed by atoms with van der Waals surface area (Å²) in [6.45, 7) is 1.73. The first-order valence-electron chi connectivity index (χ1n) is 7.00. The first-order chi connectivity index (χ1) is 10.1. The van der Waals surface area contributed by atoms with E-state index in [4.69, 9.17) is 4.74 Å². The smallest absolute Gasteiger partial charge is 0.224 e. The molecule has 0 saturated heterocycles. The number of ether oxygens (including phenoxy) is 1. The molecule has 0 spiro atoms. The molecule has 4 nitrogen and oxygen atoms in total. The topological polar surface area (TPSA) is 58.6 Å². The van der Waals surface area contributed by atoms with Gasteiger partial charge in [0, 0.05) is 12.1 Å². The summed E-state index contributed by atoms with van der Waals surface area (Å²) in [4.78, 5) is 11.3. The van der Waals surface area contributed by atoms with Crippen molar-refractivity contribution in [2.45, 2.75) is 25.9 Å². The second-order valence-corrected chi connectivity index (χ2v) is 5.21. The van der Waals surface area contributed by atoms with E-state index in [-0.39, 0.29) is 5.91 Å². The zero-order valence-electron chi connectivity index (χ0n) is 11.8. The van der Waals surface area contributed by atoms with E-state index >= 15 is 0 Å². The van der Waals surface area contributed by atoms with Gasteiger partial charge in [-0.05, 0) is 54.8 Å². The predicted molar refractivity (Wildman–Crippen MR) is 80.5 cm³/mol. The fourth-order valence-electron chi connectivity index (χ4n) is 2.37. The molecule has 1 amide bonds. The second kappa shape index (κ2) is 5.58. The van der Waals surface area contributed by atoms with Crippen molar-refractivity contribution in [2.24, 2.45) is 0 Å². The molecule has 0 bridgehead atoms. The number of carbonyl (C=O) groups is 1. The summed E-state index contributed by atoms with van der Waals surface area (Å²) in [6, 6.07) is 13.0. The molecule has 108 valence electrons. The fourth-order valence-corrected chi connectivity index (χ4v) is 2.37. The average Bonchev–Trinajstić information content (AvgIpc) is 2.48. The molecule has 0 saturated carbocycles. The summed E-state index contributed by atoms with van der Waals surface area (Å²) in [6.07, 6.45) is 0.769. The number of fused-ring (bicyclic) bond motifs is 1. The molecule has 1 atom stereocenters. The third-order valence-corrected chi connectivity index (χ3v) is 3.57. The van der Waals surface area contributed by atoms with Gasteiger partial charge in [-0.15, -0.1) is 0 Å². The molecule has 2 aromatic rings. The fraction of sp³-hybridized carbons (Fsp3) is 0.235. The molecule has 0 radical (unpaired) electrons. The Kier molecular flexibility index (Phi) is 3.62. The standard InChI is InChI=1S/C17H17NO3/c1-11(19)12-2-5-14(6-3-12)21-15-7-8-16-13(10-15)4-9-17(20)18-16/h2-3,5-8,10-11,19H,4,9H2,1H3,(H,18,20). The van der Waals surface area contributed by atoms with Crippen LogP contribution in [0, 0.1) is 0 Å². The van der Waals surface area contributed by atoms with Gasteiger partial charge in [-0.25, -0.2) is 0 Å². The van der Waals surface area contributed by atoms with E-state index in [2.05, 4.69) is 5.32 Å². The number of aliphatic hydroxyl groups is 1. The van der Waals surface area contributed by atoms with E-state index in [1.807, 2.05) is 42.5 Å². The SMILES string of the molecule is CC(O)c1ccc(Oc2ccc3c(c2)CCC(=O)N3)cc1. The molecule has 1 heterocycles. The Balaban J connectivity index is 1.77. The van der Waals surface area contributed by atoms with Gasteiger partial charge < -0.3 is 15.2 Å². The molecule has 1 unspecified atom stereocenters. The van der Waals surface area contributed by atoms with Crippen LogP contribution in [0.4, 0.5) is 5.69 Å². The summed E-state index contributed by atoms with van der Waals surface area (Å²) >= 11 is 0. The molecular formula is C17H17NO3. The van der Waals surface area contributed by atoms with E-state index in [0.29, 0.717) is 6.42 Å². The average molecular weight is 283 g/mol. The van der Waals surface area contributed by atoms with E-state index in [1.54, 1.807) is 6.92 Å². The predicted octanol–water partition coefficient (Wildman–Crippen LogP) is 3.42. The molecule has 2 aromatic carbocycles. The Labute approximate surface area is 123 Å². The maximum Gasteiger partial charge on any atom is 0.224 e. The number of amides is 1.